The van der Waals surface area contributed by atoms with E-state index < -0.39 is 6.03 Å². The number of nitrogens with one attached hydrogen (secondary N) is 2. The highest BCUT2D eigenvalue weighted by molar-refractivity contribution is 9.10. The van der Waals surface area contributed by atoms with E-state index >= 15 is 0 Å². The lowest BCUT2D eigenvalue weighted by Crippen LogP contribution is -2.44. The van der Waals surface area contributed by atoms with Gasteiger partial charge in [0.1, 0.15) is 5.75 Å². The summed E-state index contributed by atoms with van der Waals surface area (Å²) in [4.78, 5) is 25.1. The molecule has 0 spiro atoms. The van der Waals surface area contributed by atoms with Crippen LogP contribution in [0.25, 0.3) is 0 Å². The molecule has 0 bridgehead atoms. The molecule has 0 unspecified atom stereocenters. The molecule has 1 aromatic carbocycles. The number of likely N-dealkylation sites (N-methyl/N-ethyl adjacent to an activating group) is 1. The van der Waals surface area contributed by atoms with E-state index in [0.29, 0.717) is 19.7 Å². The lowest BCUT2D eigenvalue weighted by molar-refractivity contribution is -0.121. The largest absolute Gasteiger partial charge is 0.496 e. The summed E-state index contributed by atoms with van der Waals surface area (Å²) in [6.45, 7) is 1.35. The number of nitrogens with zero attached hydrogens (tertiary/aromatic N) is 1. The van der Waals surface area contributed by atoms with Crippen LogP contribution in [0.2, 0.25) is 0 Å². The van der Waals surface area contributed by atoms with Crippen molar-refractivity contribution in [3.05, 3.63) is 28.2 Å². The third kappa shape index (κ3) is 7.45. The van der Waals surface area contributed by atoms with E-state index in [9.17, 15) is 9.59 Å². The minimum atomic E-state index is -0.527. The Morgan fingerprint density at radius 2 is 2.04 bits per heavy atom. The molecule has 2 N–H and O–H groups in total. The van der Waals surface area contributed by atoms with Crippen molar-refractivity contribution < 1.29 is 19.1 Å². The van der Waals surface area contributed by atoms with Gasteiger partial charge in [-0.1, -0.05) is 15.9 Å². The highest BCUT2D eigenvalue weighted by Crippen LogP contribution is 2.23. The molecule has 1 aromatic rings. The van der Waals surface area contributed by atoms with E-state index in [1.807, 2.05) is 18.2 Å². The van der Waals surface area contributed by atoms with Crippen LogP contribution in [-0.4, -0.2) is 57.8 Å². The van der Waals surface area contributed by atoms with Crippen LogP contribution in [0.5, 0.6) is 5.75 Å². The first-order valence-corrected chi connectivity index (χ1v) is 7.83. The van der Waals surface area contributed by atoms with Crippen molar-refractivity contribution >= 4 is 27.9 Å². The van der Waals surface area contributed by atoms with E-state index in [4.69, 9.17) is 9.47 Å². The number of carbonyl (C=O) groups is 2. The van der Waals surface area contributed by atoms with E-state index in [2.05, 4.69) is 26.6 Å². The van der Waals surface area contributed by atoms with Gasteiger partial charge in [0, 0.05) is 30.2 Å². The van der Waals surface area contributed by atoms with Crippen LogP contribution in [0, 0.1) is 0 Å². The van der Waals surface area contributed by atoms with Gasteiger partial charge < -0.3 is 14.8 Å². The number of imide groups is 1. The van der Waals surface area contributed by atoms with E-state index in [-0.39, 0.29) is 12.5 Å². The summed E-state index contributed by atoms with van der Waals surface area (Å²) in [5.41, 5.74) is 0.946. The van der Waals surface area contributed by atoms with Gasteiger partial charge in [-0.15, -0.1) is 0 Å². The molecule has 0 aromatic heterocycles. The zero-order valence-corrected chi connectivity index (χ0v) is 15.1. The molecule has 0 aliphatic carbocycles. The molecule has 0 saturated heterocycles. The van der Waals surface area contributed by atoms with Crippen LogP contribution >= 0.6 is 15.9 Å². The lowest BCUT2D eigenvalue weighted by atomic mass is 10.2. The Labute approximate surface area is 144 Å². The Hall–Kier alpha value is -1.64. The second kappa shape index (κ2) is 10.2. The zero-order chi connectivity index (χ0) is 17.2. The molecule has 128 valence electrons. The number of urea groups is 1. The molecule has 0 fully saturated rings. The van der Waals surface area contributed by atoms with E-state index in [1.54, 1.807) is 19.1 Å². The second-order valence-corrected chi connectivity index (χ2v) is 5.84. The monoisotopic (exact) mass is 387 g/mol. The summed E-state index contributed by atoms with van der Waals surface area (Å²) in [7, 11) is 4.93. The Balaban J connectivity index is 2.47. The highest BCUT2D eigenvalue weighted by atomic mass is 79.9. The van der Waals surface area contributed by atoms with Gasteiger partial charge in [0.25, 0.3) is 0 Å². The minimum Gasteiger partial charge on any atom is -0.496 e. The fourth-order valence-corrected chi connectivity index (χ4v) is 2.35. The molecule has 23 heavy (non-hydrogen) atoms. The molecular weight excluding hydrogens is 366 g/mol. The number of methoxy groups -OCH3 is 2. The average Bonchev–Trinajstić information content (AvgIpc) is 2.47. The van der Waals surface area contributed by atoms with E-state index in [1.165, 1.54) is 7.11 Å². The summed E-state index contributed by atoms with van der Waals surface area (Å²) < 4.78 is 11.0. The standard InChI is InChI=1S/C15H22BrN3O4/c1-19(9-11-8-12(16)4-5-13(11)23-3)10-14(20)18-15(21)17-6-7-22-2/h4-5,8H,6-7,9-10H2,1-3H3,(H2,17,18,20,21). The van der Waals surface area contributed by atoms with Gasteiger partial charge >= 0.3 is 6.03 Å². The molecule has 8 heteroatoms. The number of benzene rings is 1. The molecule has 0 atom stereocenters. The summed E-state index contributed by atoms with van der Waals surface area (Å²) in [6.07, 6.45) is 0. The van der Waals surface area contributed by atoms with Gasteiger partial charge in [-0.05, 0) is 25.2 Å². The number of rotatable bonds is 8. The average molecular weight is 388 g/mol. The maximum Gasteiger partial charge on any atom is 0.321 e. The predicted molar refractivity (Wildman–Crippen MR) is 90.4 cm³/mol. The van der Waals surface area contributed by atoms with Crippen LogP contribution in [-0.2, 0) is 16.1 Å². The lowest BCUT2D eigenvalue weighted by Gasteiger charge is -2.18. The Morgan fingerprint density at radius 1 is 1.30 bits per heavy atom. The van der Waals surface area contributed by atoms with Crippen molar-refractivity contribution in [2.75, 3.05) is 41.0 Å². The van der Waals surface area contributed by atoms with Crippen molar-refractivity contribution in [3.63, 3.8) is 0 Å². The molecule has 0 heterocycles. The Morgan fingerprint density at radius 3 is 2.70 bits per heavy atom. The summed E-state index contributed by atoms with van der Waals surface area (Å²) in [6, 6.07) is 5.15. The van der Waals surface area contributed by atoms with E-state index in [0.717, 1.165) is 15.8 Å². The number of ether oxygens (including phenoxy) is 2. The fourth-order valence-electron chi connectivity index (χ4n) is 1.94. The Bertz CT molecular complexity index is 539. The molecule has 3 amide bonds. The second-order valence-electron chi connectivity index (χ2n) is 4.93. The topological polar surface area (TPSA) is 79.9 Å². The molecule has 0 saturated carbocycles. The summed E-state index contributed by atoms with van der Waals surface area (Å²) in [5, 5.41) is 4.79. The van der Waals surface area contributed by atoms with Crippen molar-refractivity contribution in [1.29, 1.82) is 0 Å². The van der Waals surface area contributed by atoms with Gasteiger partial charge in [0.15, 0.2) is 0 Å². The highest BCUT2D eigenvalue weighted by Gasteiger charge is 2.12. The minimum absolute atomic E-state index is 0.0906. The van der Waals surface area contributed by atoms with Crippen molar-refractivity contribution in [2.24, 2.45) is 0 Å². The SMILES string of the molecule is COCCNC(=O)NC(=O)CN(C)Cc1cc(Br)ccc1OC. The molecular formula is C15H22BrN3O4. The van der Waals surface area contributed by atoms with Gasteiger partial charge in [-0.25, -0.2) is 4.79 Å². The molecule has 0 aliphatic rings. The van der Waals surface area contributed by atoms with Crippen LogP contribution in [0.4, 0.5) is 4.79 Å². The van der Waals surface area contributed by atoms with Gasteiger partial charge in [-0.3, -0.25) is 15.0 Å². The van der Waals surface area contributed by atoms with Crippen molar-refractivity contribution in [2.45, 2.75) is 6.54 Å². The van der Waals surface area contributed by atoms with Crippen LogP contribution in [0.1, 0.15) is 5.56 Å². The zero-order valence-electron chi connectivity index (χ0n) is 13.5. The third-order valence-electron chi connectivity index (χ3n) is 2.94. The first kappa shape index (κ1) is 19.4. The molecule has 1 rings (SSSR count). The number of halogens is 1. The first-order valence-electron chi connectivity index (χ1n) is 7.03. The van der Waals surface area contributed by atoms with Gasteiger partial charge in [0.05, 0.1) is 20.3 Å². The van der Waals surface area contributed by atoms with Crippen LogP contribution in [0.15, 0.2) is 22.7 Å². The Kier molecular flexibility index (Phi) is 8.60. The number of hydrogen-bond acceptors (Lipinski definition) is 5. The normalized spacial score (nSPS) is 10.5. The fraction of sp³-hybridized carbons (Fsp3) is 0.467. The molecule has 7 nitrogen and oxygen atoms in total. The summed E-state index contributed by atoms with van der Waals surface area (Å²) in [5.74, 6) is 0.370. The maximum absolute atomic E-state index is 11.8. The van der Waals surface area contributed by atoms with Crippen molar-refractivity contribution in [3.8, 4) is 5.75 Å². The summed E-state index contributed by atoms with van der Waals surface area (Å²) >= 11 is 3.41. The quantitative estimate of drug-likeness (QED) is 0.658. The number of hydrogen-bond donors (Lipinski definition) is 2. The molecule has 0 aliphatic heterocycles. The van der Waals surface area contributed by atoms with Crippen molar-refractivity contribution in [1.82, 2.24) is 15.5 Å². The van der Waals surface area contributed by atoms with Gasteiger partial charge in [0.2, 0.25) is 5.91 Å². The first-order chi connectivity index (χ1) is 11.0. The maximum atomic E-state index is 11.8. The van der Waals surface area contributed by atoms with Crippen LogP contribution in [0.3, 0.4) is 0 Å². The van der Waals surface area contributed by atoms with Gasteiger partial charge in [-0.2, -0.15) is 0 Å². The predicted octanol–water partition coefficient (Wildman–Crippen LogP) is 1.36. The smallest absolute Gasteiger partial charge is 0.321 e. The molecule has 0 radical (unpaired) electrons. The number of amides is 3. The number of carbonyl (C=O) groups excluding carboxylic acids is 2. The third-order valence-corrected chi connectivity index (χ3v) is 3.43. The van der Waals surface area contributed by atoms with Crippen LogP contribution < -0.4 is 15.4 Å².